The summed E-state index contributed by atoms with van der Waals surface area (Å²) in [6.07, 6.45) is 16.9. The molecule has 0 aliphatic carbocycles. The smallest absolute Gasteiger partial charge is 0.472 e. The number of hydrogen-bond donors (Lipinski definition) is 4. The second kappa shape index (κ2) is 24.9. The molecule has 4 N–H and O–H groups in total. The Kier molecular flexibility index (Phi) is 21.9. The van der Waals surface area contributed by atoms with Crippen LogP contribution in [-0.4, -0.2) is 74.8 Å². The molecule has 6 atom stereocenters. The van der Waals surface area contributed by atoms with E-state index >= 15 is 0 Å². The summed E-state index contributed by atoms with van der Waals surface area (Å²) in [5.41, 5.74) is 5.74. The highest BCUT2D eigenvalue weighted by Gasteiger charge is 2.39. The van der Waals surface area contributed by atoms with Gasteiger partial charge < -0.3 is 24.4 Å². The molecule has 18 nitrogen and oxygen atoms in total. The first-order chi connectivity index (χ1) is 24.8. The van der Waals surface area contributed by atoms with Crippen LogP contribution in [0.3, 0.4) is 0 Å². The van der Waals surface area contributed by atoms with Gasteiger partial charge in [-0.25, -0.2) is 18.7 Å². The normalized spacial score (nSPS) is 20.2. The molecule has 2 rings (SSSR count). The molecule has 52 heavy (non-hydrogen) atoms. The number of unbranched alkanes of at least 4 members (excludes halogenated alkanes) is 15. The van der Waals surface area contributed by atoms with Crippen LogP contribution in [0, 0.1) is 6.92 Å². The van der Waals surface area contributed by atoms with Gasteiger partial charge in [-0.15, -0.1) is 0 Å². The van der Waals surface area contributed by atoms with E-state index in [4.69, 9.17) is 29.2 Å². The highest BCUT2D eigenvalue weighted by Crippen LogP contribution is 2.47. The molecule has 0 aromatic carbocycles. The zero-order valence-electron chi connectivity index (χ0n) is 30.3. The minimum atomic E-state index is -5.11. The number of aromatic amines is 1. The summed E-state index contributed by atoms with van der Waals surface area (Å²) >= 11 is 0. The van der Waals surface area contributed by atoms with Gasteiger partial charge in [-0.1, -0.05) is 108 Å². The summed E-state index contributed by atoms with van der Waals surface area (Å²) < 4.78 is 51.9. The number of aromatic nitrogens is 2. The van der Waals surface area contributed by atoms with Crippen LogP contribution in [-0.2, 0) is 32.2 Å². The van der Waals surface area contributed by atoms with E-state index in [0.717, 1.165) is 23.8 Å². The zero-order valence-corrected chi connectivity index (χ0v) is 32.1. The van der Waals surface area contributed by atoms with Crippen molar-refractivity contribution in [2.45, 2.75) is 147 Å². The Balaban J connectivity index is 1.77. The molecule has 1 aliphatic rings. The Hall–Kier alpha value is -2.36. The number of nitrogens with zero attached hydrogens (tertiary/aromatic N) is 4. The van der Waals surface area contributed by atoms with E-state index in [-0.39, 0.29) is 25.2 Å². The van der Waals surface area contributed by atoms with E-state index in [1.54, 1.807) is 0 Å². The summed E-state index contributed by atoms with van der Waals surface area (Å²) in [6, 6.07) is -0.938. The quantitative estimate of drug-likeness (QED) is 0.0194. The van der Waals surface area contributed by atoms with Crippen molar-refractivity contribution in [1.82, 2.24) is 9.55 Å². The van der Waals surface area contributed by atoms with Gasteiger partial charge in [-0.2, -0.15) is 0 Å². The monoisotopic (exact) mass is 781 g/mol. The van der Waals surface area contributed by atoms with Gasteiger partial charge in [-0.3, -0.25) is 27.9 Å². The van der Waals surface area contributed by atoms with E-state index in [9.17, 15) is 33.3 Å². The third kappa shape index (κ3) is 18.1. The van der Waals surface area contributed by atoms with Crippen LogP contribution in [0.15, 0.2) is 20.9 Å². The summed E-state index contributed by atoms with van der Waals surface area (Å²) in [4.78, 5) is 60.0. The highest BCUT2D eigenvalue weighted by molar-refractivity contribution is 7.70. The molecule has 0 saturated carbocycles. The molecular formula is C32H57N5O13P2. The fraction of sp³-hybridized carbons (Fsp3) is 0.844. The van der Waals surface area contributed by atoms with Crippen molar-refractivity contribution in [2.24, 2.45) is 5.11 Å². The average molecular weight is 782 g/mol. The number of ether oxygens (including phenoxy) is 2. The molecule has 0 bridgehead atoms. The van der Waals surface area contributed by atoms with Gasteiger partial charge in [0.25, 0.3) is 5.56 Å². The molecule has 1 aliphatic heterocycles. The summed E-state index contributed by atoms with van der Waals surface area (Å²) in [7, 11) is -10.1. The zero-order chi connectivity index (χ0) is 38.4. The Morgan fingerprint density at radius 2 is 1.54 bits per heavy atom. The summed E-state index contributed by atoms with van der Waals surface area (Å²) in [6.45, 7) is 2.05. The first-order valence-electron chi connectivity index (χ1n) is 18.3. The van der Waals surface area contributed by atoms with Gasteiger partial charge in [0, 0.05) is 29.7 Å². The molecule has 1 fully saturated rings. The van der Waals surface area contributed by atoms with Crippen LogP contribution in [0.25, 0.3) is 10.4 Å². The standard InChI is InChI=1S/C32H57N5O13P2/c1-3-4-5-6-7-8-9-10-11-12-13-14-15-16-17-18-19-46-22-26(23-47-51(42,43)32(40)41)50-52(44,45)48-24-28-27(35-36-33)20-29(49-28)37-21-25(2)30(38)34-31(37)39/h21,26-29H,3-20,22-24H2,1-2H3,(H,40,41)(H,42,43)(H,44,45)(H,34,38,39)/t26?,27-,28+,29+/m0/s1. The number of rotatable bonds is 30. The number of phosphoric acid groups is 1. The van der Waals surface area contributed by atoms with Crippen LogP contribution in [0.1, 0.15) is 128 Å². The molecular weight excluding hydrogens is 724 g/mol. The second-order valence-electron chi connectivity index (χ2n) is 13.1. The Bertz CT molecular complexity index is 1470. The number of carbonyl (C=O) groups is 1. The summed E-state index contributed by atoms with van der Waals surface area (Å²) in [5.74, 6) is 0. The van der Waals surface area contributed by atoms with Gasteiger partial charge in [-0.05, 0) is 18.9 Å². The fourth-order valence-electron chi connectivity index (χ4n) is 5.73. The van der Waals surface area contributed by atoms with Gasteiger partial charge >= 0.3 is 26.8 Å². The van der Waals surface area contributed by atoms with E-state index in [0.29, 0.717) is 6.42 Å². The molecule has 298 valence electrons. The third-order valence-electron chi connectivity index (χ3n) is 8.67. The average Bonchev–Trinajstić information content (AvgIpc) is 3.49. The maximum absolute atomic E-state index is 12.9. The van der Waals surface area contributed by atoms with E-state index in [2.05, 4.69) is 26.5 Å². The molecule has 20 heteroatoms. The van der Waals surface area contributed by atoms with E-state index in [1.807, 2.05) is 0 Å². The van der Waals surface area contributed by atoms with Crippen LogP contribution in [0.4, 0.5) is 4.79 Å². The first-order valence-corrected chi connectivity index (χ1v) is 21.3. The van der Waals surface area contributed by atoms with Gasteiger partial charge in [0.2, 0.25) is 0 Å². The van der Waals surface area contributed by atoms with E-state index in [1.165, 1.54) is 90.2 Å². The van der Waals surface area contributed by atoms with Crippen molar-refractivity contribution in [2.75, 3.05) is 26.4 Å². The Morgan fingerprint density at radius 3 is 2.08 bits per heavy atom. The van der Waals surface area contributed by atoms with Crippen molar-refractivity contribution >= 4 is 21.1 Å². The van der Waals surface area contributed by atoms with E-state index < -0.39 is 70.1 Å². The van der Waals surface area contributed by atoms with Crippen LogP contribution < -0.4 is 11.2 Å². The lowest BCUT2D eigenvalue weighted by atomic mass is 10.0. The van der Waals surface area contributed by atoms with Crippen LogP contribution in [0.5, 0.6) is 0 Å². The second-order valence-corrected chi connectivity index (χ2v) is 16.2. The highest BCUT2D eigenvalue weighted by atomic mass is 31.2. The lowest BCUT2D eigenvalue weighted by Gasteiger charge is -2.23. The van der Waals surface area contributed by atoms with Crippen molar-refractivity contribution in [3.8, 4) is 0 Å². The van der Waals surface area contributed by atoms with Gasteiger partial charge in [0.15, 0.2) is 0 Å². The maximum Gasteiger partial charge on any atom is 0.472 e. The number of aryl methyl sites for hydroxylation is 1. The molecule has 0 amide bonds. The number of nitrogens with one attached hydrogen (secondary N) is 1. The maximum atomic E-state index is 12.9. The molecule has 1 aromatic rings. The lowest BCUT2D eigenvalue weighted by Crippen LogP contribution is -2.33. The summed E-state index contributed by atoms with van der Waals surface area (Å²) in [5, 5.41) is 12.5. The minimum absolute atomic E-state index is 0.0231. The predicted molar refractivity (Wildman–Crippen MR) is 192 cm³/mol. The largest absolute Gasteiger partial charge is 0.472 e. The molecule has 1 saturated heterocycles. The van der Waals surface area contributed by atoms with Crippen molar-refractivity contribution < 1.29 is 51.9 Å². The topological polar surface area (TPSA) is 262 Å². The molecule has 2 heterocycles. The number of hydrogen-bond acceptors (Lipinski definition) is 11. The fourth-order valence-corrected chi connectivity index (χ4v) is 7.10. The Morgan fingerprint density at radius 1 is 0.981 bits per heavy atom. The molecule has 1 aromatic heterocycles. The molecule has 0 spiro atoms. The minimum Gasteiger partial charge on any atom is -0.472 e. The van der Waals surface area contributed by atoms with Crippen molar-refractivity contribution in [1.29, 1.82) is 0 Å². The van der Waals surface area contributed by atoms with Crippen LogP contribution in [0.2, 0.25) is 0 Å². The van der Waals surface area contributed by atoms with Crippen LogP contribution >= 0.6 is 15.4 Å². The number of azide groups is 1. The molecule has 3 unspecified atom stereocenters. The number of phosphoric ester groups is 1. The van der Waals surface area contributed by atoms with Crippen molar-refractivity contribution in [3.05, 3.63) is 43.0 Å². The SMILES string of the molecule is CCCCCCCCCCCCCCCCCCOCC(COP(=O)(O)C(=O)O)OP(=O)(O)OC[C@H]1O[C@@H](n2cc(C)c(=O)[nH]c2=O)C[C@@H]1N=[N+]=[N-]. The third-order valence-corrected chi connectivity index (χ3v) is 10.7. The van der Waals surface area contributed by atoms with Crippen molar-refractivity contribution in [3.63, 3.8) is 0 Å². The lowest BCUT2D eigenvalue weighted by molar-refractivity contribution is -0.0368. The Labute approximate surface area is 304 Å². The van der Waals surface area contributed by atoms with Gasteiger partial charge in [0.05, 0.1) is 32.0 Å². The van der Waals surface area contributed by atoms with Gasteiger partial charge in [0.1, 0.15) is 12.3 Å². The number of H-pyrrole nitrogens is 1. The first kappa shape index (κ1) is 45.8. The molecule has 0 radical (unpaired) electrons. The predicted octanol–water partition coefficient (Wildman–Crippen LogP) is 7.47. The number of carboxylic acid groups (broad SMARTS) is 1.